The van der Waals surface area contributed by atoms with Crippen molar-refractivity contribution in [3.05, 3.63) is 59.3 Å². The first-order chi connectivity index (χ1) is 15.5. The summed E-state index contributed by atoms with van der Waals surface area (Å²) in [5.74, 6) is 2.76. The number of nitrogens with zero attached hydrogens (tertiary/aromatic N) is 2. The molecule has 4 rings (SSSR count). The highest BCUT2D eigenvalue weighted by Crippen LogP contribution is 2.33. The van der Waals surface area contributed by atoms with Crippen molar-refractivity contribution in [3.8, 4) is 22.9 Å². The number of carbonyl (C=O) groups excluding carboxylic acids is 1. The zero-order valence-corrected chi connectivity index (χ0v) is 19.0. The maximum atomic E-state index is 13.2. The molecule has 32 heavy (non-hydrogen) atoms. The van der Waals surface area contributed by atoms with E-state index < -0.39 is 10.8 Å². The van der Waals surface area contributed by atoms with Crippen LogP contribution in [0.4, 0.5) is 5.82 Å². The number of methoxy groups -OCH3 is 1. The Kier molecular flexibility index (Phi) is 6.45. The summed E-state index contributed by atoms with van der Waals surface area (Å²) in [5.41, 5.74) is 2.72. The Morgan fingerprint density at radius 2 is 1.78 bits per heavy atom. The summed E-state index contributed by atoms with van der Waals surface area (Å²) in [5, 5.41) is 7.60. The van der Waals surface area contributed by atoms with Gasteiger partial charge in [0.05, 0.1) is 43.2 Å². The zero-order chi connectivity index (χ0) is 22.7. The maximum Gasteiger partial charge on any atom is 0.256 e. The van der Waals surface area contributed by atoms with Crippen molar-refractivity contribution in [1.29, 1.82) is 0 Å². The van der Waals surface area contributed by atoms with E-state index in [-0.39, 0.29) is 5.91 Å². The van der Waals surface area contributed by atoms with Gasteiger partial charge in [0.1, 0.15) is 11.6 Å². The molecule has 9 heteroatoms. The fraction of sp³-hybridized carbons (Fsp3) is 0.304. The molecule has 8 nitrogen and oxygen atoms in total. The number of aromatic nitrogens is 2. The van der Waals surface area contributed by atoms with E-state index in [1.54, 1.807) is 30.0 Å². The van der Waals surface area contributed by atoms with E-state index in [1.165, 1.54) is 0 Å². The van der Waals surface area contributed by atoms with Gasteiger partial charge in [-0.15, -0.1) is 0 Å². The lowest BCUT2D eigenvalue weighted by atomic mass is 10.1. The van der Waals surface area contributed by atoms with Gasteiger partial charge < -0.3 is 19.5 Å². The molecule has 0 fully saturated rings. The summed E-state index contributed by atoms with van der Waals surface area (Å²) in [4.78, 5) is 13.2. The summed E-state index contributed by atoms with van der Waals surface area (Å²) >= 11 is 0. The molecule has 0 unspecified atom stereocenters. The first-order valence-corrected chi connectivity index (χ1v) is 11.8. The van der Waals surface area contributed by atoms with Gasteiger partial charge in [0.2, 0.25) is 0 Å². The minimum absolute atomic E-state index is 0.316. The third kappa shape index (κ3) is 4.34. The van der Waals surface area contributed by atoms with Gasteiger partial charge >= 0.3 is 0 Å². The van der Waals surface area contributed by atoms with E-state index in [1.807, 2.05) is 38.1 Å². The van der Waals surface area contributed by atoms with Gasteiger partial charge in [0.15, 0.2) is 11.5 Å². The summed E-state index contributed by atoms with van der Waals surface area (Å²) in [7, 11) is 0.580. The second-order valence-electron chi connectivity index (χ2n) is 7.09. The Morgan fingerprint density at radius 3 is 2.47 bits per heavy atom. The van der Waals surface area contributed by atoms with Crippen molar-refractivity contribution in [2.24, 2.45) is 0 Å². The molecule has 0 bridgehead atoms. The highest BCUT2D eigenvalue weighted by molar-refractivity contribution is 7.83. The van der Waals surface area contributed by atoms with Crippen molar-refractivity contribution in [3.63, 3.8) is 0 Å². The Hall–Kier alpha value is -3.33. The van der Waals surface area contributed by atoms with Crippen LogP contribution >= 0.6 is 0 Å². The van der Waals surface area contributed by atoms with Crippen LogP contribution in [0.5, 0.6) is 17.2 Å². The molecule has 168 valence electrons. The van der Waals surface area contributed by atoms with Gasteiger partial charge in [-0.05, 0) is 56.3 Å². The van der Waals surface area contributed by atoms with Gasteiger partial charge in [0.25, 0.3) is 5.91 Å². The van der Waals surface area contributed by atoms with Crippen molar-refractivity contribution >= 4 is 22.5 Å². The van der Waals surface area contributed by atoms with Gasteiger partial charge in [-0.1, -0.05) is 0 Å². The van der Waals surface area contributed by atoms with Gasteiger partial charge in [-0.3, -0.25) is 9.00 Å². The molecular formula is C23H25N3O5S. The van der Waals surface area contributed by atoms with Crippen LogP contribution in [0.15, 0.2) is 42.5 Å². The van der Waals surface area contributed by atoms with Crippen LogP contribution in [0, 0.1) is 0 Å². The number of fused-ring (bicyclic) bond motifs is 1. The SMILES string of the molecule is CCOc1ccc(C(=O)Nc2c3c(nn2-c2ccc(OC)cc2)C[S@](=O)C3)cc1OCC. The Labute approximate surface area is 188 Å². The molecule has 1 aromatic heterocycles. The predicted octanol–water partition coefficient (Wildman–Crippen LogP) is 3.69. The van der Waals surface area contributed by atoms with Crippen molar-refractivity contribution in [2.45, 2.75) is 25.4 Å². The van der Waals surface area contributed by atoms with E-state index in [4.69, 9.17) is 14.2 Å². The van der Waals surface area contributed by atoms with Gasteiger partial charge in [-0.2, -0.15) is 5.10 Å². The lowest BCUT2D eigenvalue weighted by Crippen LogP contribution is -2.17. The number of carbonyl (C=O) groups is 1. The van der Waals surface area contributed by atoms with Crippen LogP contribution < -0.4 is 19.5 Å². The van der Waals surface area contributed by atoms with Crippen LogP contribution in [0.1, 0.15) is 35.5 Å². The predicted molar refractivity (Wildman–Crippen MR) is 122 cm³/mol. The number of ether oxygens (including phenoxy) is 3. The lowest BCUT2D eigenvalue weighted by molar-refractivity contribution is 0.102. The minimum atomic E-state index is -1.02. The second-order valence-corrected chi connectivity index (χ2v) is 8.55. The van der Waals surface area contributed by atoms with Crippen LogP contribution in [0.2, 0.25) is 0 Å². The van der Waals surface area contributed by atoms with Crippen LogP contribution in [0.25, 0.3) is 5.69 Å². The average Bonchev–Trinajstić information content (AvgIpc) is 3.32. The second kappa shape index (κ2) is 9.44. The van der Waals surface area contributed by atoms with E-state index in [0.717, 1.165) is 22.7 Å². The van der Waals surface area contributed by atoms with E-state index in [9.17, 15) is 9.00 Å². The topological polar surface area (TPSA) is 91.7 Å². The fourth-order valence-corrected chi connectivity index (χ4v) is 4.80. The first kappa shape index (κ1) is 21.9. The van der Waals surface area contributed by atoms with E-state index in [2.05, 4.69) is 10.4 Å². The number of hydrogen-bond acceptors (Lipinski definition) is 6. The standard InChI is InChI=1S/C23H25N3O5S/c1-4-30-20-11-6-15(12-21(20)31-5-2)23(27)24-22-18-13-32(28)14-19(18)25-26(22)16-7-9-17(29-3)10-8-16/h6-12H,4-5,13-14H2,1-3H3,(H,24,27)/t32-/m1/s1. The molecule has 1 aliphatic heterocycles. The molecule has 1 N–H and O–H groups in total. The first-order valence-electron chi connectivity index (χ1n) is 10.3. The molecule has 3 aromatic rings. The molecule has 0 radical (unpaired) electrons. The quantitative estimate of drug-likeness (QED) is 0.557. The summed E-state index contributed by atoms with van der Waals surface area (Å²) < 4.78 is 30.3. The Balaban J connectivity index is 1.68. The van der Waals surface area contributed by atoms with E-state index in [0.29, 0.717) is 47.6 Å². The van der Waals surface area contributed by atoms with Gasteiger partial charge in [-0.25, -0.2) is 4.68 Å². The van der Waals surface area contributed by atoms with Crippen molar-refractivity contribution in [2.75, 3.05) is 25.6 Å². The van der Waals surface area contributed by atoms with Crippen molar-refractivity contribution in [1.82, 2.24) is 9.78 Å². The van der Waals surface area contributed by atoms with E-state index >= 15 is 0 Å². The minimum Gasteiger partial charge on any atom is -0.497 e. The molecule has 0 spiro atoms. The number of nitrogens with one attached hydrogen (secondary N) is 1. The molecule has 1 atom stereocenters. The molecule has 2 heterocycles. The summed E-state index contributed by atoms with van der Waals surface area (Å²) in [6.45, 7) is 4.71. The lowest BCUT2D eigenvalue weighted by Gasteiger charge is -2.14. The normalized spacial score (nSPS) is 14.7. The number of benzene rings is 2. The molecule has 1 amide bonds. The van der Waals surface area contributed by atoms with Crippen LogP contribution in [-0.4, -0.2) is 40.2 Å². The monoisotopic (exact) mass is 455 g/mol. The zero-order valence-electron chi connectivity index (χ0n) is 18.2. The molecule has 0 saturated heterocycles. The fourth-order valence-electron chi connectivity index (χ4n) is 3.54. The molecular weight excluding hydrogens is 430 g/mol. The third-order valence-electron chi connectivity index (χ3n) is 5.02. The molecule has 0 saturated carbocycles. The molecule has 2 aromatic carbocycles. The summed E-state index contributed by atoms with van der Waals surface area (Å²) in [6, 6.07) is 12.4. The highest BCUT2D eigenvalue weighted by Gasteiger charge is 2.28. The Bertz CT molecular complexity index is 1160. The maximum absolute atomic E-state index is 13.2. The average molecular weight is 456 g/mol. The largest absolute Gasteiger partial charge is 0.497 e. The number of hydrogen-bond donors (Lipinski definition) is 1. The number of rotatable bonds is 8. The summed E-state index contributed by atoms with van der Waals surface area (Å²) in [6.07, 6.45) is 0. The third-order valence-corrected chi connectivity index (χ3v) is 6.23. The highest BCUT2D eigenvalue weighted by atomic mass is 32.2. The number of anilines is 1. The number of amides is 1. The molecule has 0 aliphatic carbocycles. The smallest absolute Gasteiger partial charge is 0.256 e. The van der Waals surface area contributed by atoms with Crippen LogP contribution in [-0.2, 0) is 22.3 Å². The molecule has 1 aliphatic rings. The van der Waals surface area contributed by atoms with Crippen LogP contribution in [0.3, 0.4) is 0 Å². The van der Waals surface area contributed by atoms with Gasteiger partial charge in [0, 0.05) is 21.9 Å². The van der Waals surface area contributed by atoms with Crippen molar-refractivity contribution < 1.29 is 23.2 Å². The Morgan fingerprint density at radius 1 is 1.06 bits per heavy atom.